The van der Waals surface area contributed by atoms with Gasteiger partial charge in [0.2, 0.25) is 0 Å². The lowest BCUT2D eigenvalue weighted by atomic mass is 10.0. The summed E-state index contributed by atoms with van der Waals surface area (Å²) in [5, 5.41) is 11.9. The van der Waals surface area contributed by atoms with Gasteiger partial charge in [-0.25, -0.2) is 0 Å². The summed E-state index contributed by atoms with van der Waals surface area (Å²) in [5.74, 6) is -0.0367. The van der Waals surface area contributed by atoms with Crippen molar-refractivity contribution in [3.05, 3.63) is 64.2 Å². The molecule has 5 nitrogen and oxygen atoms in total. The fourth-order valence-corrected chi connectivity index (χ4v) is 2.78. The number of nitrogens with one attached hydrogen (secondary N) is 1. The number of hydrogen-bond donors (Lipinski definition) is 2. The highest BCUT2D eigenvalue weighted by Gasteiger charge is 2.08. The maximum Gasteiger partial charge on any atom is 0.305 e. The van der Waals surface area contributed by atoms with Crippen LogP contribution in [0.3, 0.4) is 0 Å². The van der Waals surface area contributed by atoms with Crippen LogP contribution in [0, 0.1) is 12.8 Å². The van der Waals surface area contributed by atoms with E-state index in [0.29, 0.717) is 23.1 Å². The predicted octanol–water partition coefficient (Wildman–Crippen LogP) is 4.50. The van der Waals surface area contributed by atoms with Gasteiger partial charge in [0.1, 0.15) is 5.75 Å². The molecule has 6 heteroatoms. The second-order valence-electron chi connectivity index (χ2n) is 6.96. The van der Waals surface area contributed by atoms with E-state index < -0.39 is 5.97 Å². The molecule has 0 saturated heterocycles. The Morgan fingerprint density at radius 2 is 1.89 bits per heavy atom. The van der Waals surface area contributed by atoms with E-state index in [9.17, 15) is 9.59 Å². The topological polar surface area (TPSA) is 75.6 Å². The molecule has 1 unspecified atom stereocenters. The molecular formula is C22H26ClNO4. The van der Waals surface area contributed by atoms with Crippen molar-refractivity contribution in [3.63, 3.8) is 0 Å². The molecule has 2 aromatic carbocycles. The van der Waals surface area contributed by atoms with E-state index in [1.807, 2.05) is 37.3 Å². The van der Waals surface area contributed by atoms with E-state index in [2.05, 4.69) is 12.2 Å². The number of aliphatic carboxylic acids is 1. The van der Waals surface area contributed by atoms with Crippen molar-refractivity contribution in [2.24, 2.45) is 5.92 Å². The van der Waals surface area contributed by atoms with Gasteiger partial charge in [0.05, 0.1) is 13.0 Å². The van der Waals surface area contributed by atoms with Gasteiger partial charge in [-0.3, -0.25) is 9.59 Å². The van der Waals surface area contributed by atoms with E-state index in [0.717, 1.165) is 29.7 Å². The third kappa shape index (κ3) is 7.24. The van der Waals surface area contributed by atoms with Gasteiger partial charge < -0.3 is 15.2 Å². The summed E-state index contributed by atoms with van der Waals surface area (Å²) in [5.41, 5.74) is 2.70. The van der Waals surface area contributed by atoms with E-state index in [-0.39, 0.29) is 18.9 Å². The summed E-state index contributed by atoms with van der Waals surface area (Å²) in [4.78, 5) is 22.4. The number of amides is 1. The van der Waals surface area contributed by atoms with Crippen molar-refractivity contribution in [1.82, 2.24) is 5.32 Å². The molecule has 2 rings (SSSR count). The summed E-state index contributed by atoms with van der Waals surface area (Å²) in [6.07, 6.45) is 1.77. The Bertz CT molecular complexity index is 805. The molecule has 0 radical (unpaired) electrons. The van der Waals surface area contributed by atoms with Crippen LogP contribution in [0.1, 0.15) is 41.3 Å². The second-order valence-corrected chi connectivity index (χ2v) is 7.37. The average molecular weight is 404 g/mol. The third-order valence-corrected chi connectivity index (χ3v) is 4.85. The number of aryl methyl sites for hydroxylation is 2. The number of carboxylic acids is 1. The molecule has 150 valence electrons. The molecule has 0 fully saturated rings. The third-order valence-electron chi connectivity index (χ3n) is 4.44. The van der Waals surface area contributed by atoms with E-state index in [1.54, 1.807) is 12.1 Å². The van der Waals surface area contributed by atoms with Gasteiger partial charge in [-0.2, -0.15) is 0 Å². The Labute approximate surface area is 170 Å². The van der Waals surface area contributed by atoms with Crippen LogP contribution in [0.25, 0.3) is 0 Å². The Hall–Kier alpha value is -2.53. The summed E-state index contributed by atoms with van der Waals surface area (Å²) < 4.78 is 5.82. The summed E-state index contributed by atoms with van der Waals surface area (Å²) in [6, 6.07) is 13.1. The first-order valence-corrected chi connectivity index (χ1v) is 9.71. The standard InChI is InChI=1S/C22H26ClNO4/c1-15(14-28-19-10-4-16(2)20(23)13-19)3-5-17-6-8-18(9-7-17)22(27)24-12-11-21(25)26/h4,6-10,13,15H,3,5,11-12,14H2,1-2H3,(H,24,27)(H,25,26). The number of halogens is 1. The molecule has 28 heavy (non-hydrogen) atoms. The number of carbonyl (C=O) groups excluding carboxylic acids is 1. The maximum atomic E-state index is 11.9. The fraction of sp³-hybridized carbons (Fsp3) is 0.364. The molecule has 0 aliphatic heterocycles. The zero-order chi connectivity index (χ0) is 20.5. The van der Waals surface area contributed by atoms with Crippen LogP contribution in [0.15, 0.2) is 42.5 Å². The van der Waals surface area contributed by atoms with E-state index in [4.69, 9.17) is 21.4 Å². The molecule has 0 aliphatic carbocycles. The van der Waals surface area contributed by atoms with Gasteiger partial charge in [-0.15, -0.1) is 0 Å². The predicted molar refractivity (Wildman–Crippen MR) is 110 cm³/mol. The second kappa shape index (κ2) is 10.7. The first-order chi connectivity index (χ1) is 13.3. The number of benzene rings is 2. The summed E-state index contributed by atoms with van der Waals surface area (Å²) in [7, 11) is 0. The SMILES string of the molecule is Cc1ccc(OCC(C)CCc2ccc(C(=O)NCCC(=O)O)cc2)cc1Cl. The van der Waals surface area contributed by atoms with Crippen LogP contribution in [-0.2, 0) is 11.2 Å². The Kier molecular flexibility index (Phi) is 8.33. The molecule has 2 N–H and O–H groups in total. The lowest BCUT2D eigenvalue weighted by Gasteiger charge is -2.14. The molecule has 1 amide bonds. The first kappa shape index (κ1) is 21.8. The zero-order valence-electron chi connectivity index (χ0n) is 16.2. The molecule has 0 bridgehead atoms. The van der Waals surface area contributed by atoms with Crippen LogP contribution < -0.4 is 10.1 Å². The zero-order valence-corrected chi connectivity index (χ0v) is 17.0. The fourth-order valence-electron chi connectivity index (χ4n) is 2.61. The van der Waals surface area contributed by atoms with Crippen molar-refractivity contribution in [1.29, 1.82) is 0 Å². The average Bonchev–Trinajstić information content (AvgIpc) is 2.67. The van der Waals surface area contributed by atoms with Crippen LogP contribution in [0.5, 0.6) is 5.75 Å². The minimum atomic E-state index is -0.931. The van der Waals surface area contributed by atoms with Crippen LogP contribution in [0.4, 0.5) is 0 Å². The monoisotopic (exact) mass is 403 g/mol. The number of hydrogen-bond acceptors (Lipinski definition) is 3. The quantitative estimate of drug-likeness (QED) is 0.612. The minimum absolute atomic E-state index is 0.0847. The lowest BCUT2D eigenvalue weighted by molar-refractivity contribution is -0.136. The molecule has 0 aliphatic rings. The van der Waals surface area contributed by atoms with Crippen molar-refractivity contribution in [2.75, 3.05) is 13.2 Å². The Morgan fingerprint density at radius 1 is 1.18 bits per heavy atom. The van der Waals surface area contributed by atoms with Gasteiger partial charge >= 0.3 is 5.97 Å². The maximum absolute atomic E-state index is 11.9. The van der Waals surface area contributed by atoms with E-state index >= 15 is 0 Å². The normalized spacial score (nSPS) is 11.7. The van der Waals surface area contributed by atoms with Crippen LogP contribution >= 0.6 is 11.6 Å². The van der Waals surface area contributed by atoms with Crippen molar-refractivity contribution in [3.8, 4) is 5.75 Å². The van der Waals surface area contributed by atoms with Gasteiger partial charge in [0, 0.05) is 17.1 Å². The lowest BCUT2D eigenvalue weighted by Crippen LogP contribution is -2.25. The molecule has 1 atom stereocenters. The highest BCUT2D eigenvalue weighted by atomic mass is 35.5. The van der Waals surface area contributed by atoms with Crippen molar-refractivity contribution >= 4 is 23.5 Å². The molecule has 0 aromatic heterocycles. The number of carbonyl (C=O) groups is 2. The highest BCUT2D eigenvalue weighted by molar-refractivity contribution is 6.31. The van der Waals surface area contributed by atoms with Gasteiger partial charge in [-0.1, -0.05) is 36.7 Å². The summed E-state index contributed by atoms with van der Waals surface area (Å²) >= 11 is 6.11. The number of carboxylic acid groups (broad SMARTS) is 1. The smallest absolute Gasteiger partial charge is 0.305 e. The molecular weight excluding hydrogens is 378 g/mol. The van der Waals surface area contributed by atoms with Gasteiger partial charge in [0.25, 0.3) is 5.91 Å². The van der Waals surface area contributed by atoms with Gasteiger partial charge in [-0.05, 0) is 61.1 Å². The number of ether oxygens (including phenoxy) is 1. The highest BCUT2D eigenvalue weighted by Crippen LogP contribution is 2.22. The van der Waals surface area contributed by atoms with E-state index in [1.165, 1.54) is 0 Å². The molecule has 0 saturated carbocycles. The first-order valence-electron chi connectivity index (χ1n) is 9.33. The van der Waals surface area contributed by atoms with Gasteiger partial charge in [0.15, 0.2) is 0 Å². The van der Waals surface area contributed by atoms with Crippen molar-refractivity contribution in [2.45, 2.75) is 33.1 Å². The molecule has 0 heterocycles. The largest absolute Gasteiger partial charge is 0.493 e. The summed E-state index contributed by atoms with van der Waals surface area (Å²) in [6.45, 7) is 4.84. The number of rotatable bonds is 10. The van der Waals surface area contributed by atoms with Crippen LogP contribution in [0.2, 0.25) is 5.02 Å². The minimum Gasteiger partial charge on any atom is -0.493 e. The van der Waals surface area contributed by atoms with Crippen molar-refractivity contribution < 1.29 is 19.4 Å². The molecule has 0 spiro atoms. The molecule has 2 aromatic rings. The van der Waals surface area contributed by atoms with Crippen LogP contribution in [-0.4, -0.2) is 30.1 Å². The Morgan fingerprint density at radius 3 is 2.54 bits per heavy atom. The Balaban J connectivity index is 1.75.